The van der Waals surface area contributed by atoms with Crippen LogP contribution in [0, 0.1) is 12.8 Å². The molecule has 1 aliphatic heterocycles. The molecule has 1 saturated heterocycles. The maximum Gasteiger partial charge on any atom is 0.319 e. The smallest absolute Gasteiger partial charge is 0.319 e. The Morgan fingerprint density at radius 3 is 3.00 bits per heavy atom. The van der Waals surface area contributed by atoms with Gasteiger partial charge in [-0.3, -0.25) is 0 Å². The first kappa shape index (κ1) is 16.4. The number of amides is 2. The van der Waals surface area contributed by atoms with Gasteiger partial charge >= 0.3 is 6.03 Å². The SMILES string of the molecule is Cc1ccccc1N1CCC(CNC(=O)Nc2cccc3n[nH]nc23)C1. The Bertz CT molecular complexity index is 921. The maximum absolute atomic E-state index is 12.2. The van der Waals surface area contributed by atoms with Crippen molar-refractivity contribution in [1.82, 2.24) is 20.7 Å². The number of benzene rings is 2. The molecule has 3 N–H and O–H groups in total. The zero-order chi connectivity index (χ0) is 17.9. The maximum atomic E-state index is 12.2. The van der Waals surface area contributed by atoms with Gasteiger partial charge in [0.05, 0.1) is 5.69 Å². The molecule has 7 heteroatoms. The number of rotatable bonds is 4. The van der Waals surface area contributed by atoms with E-state index in [0.717, 1.165) is 25.0 Å². The van der Waals surface area contributed by atoms with Gasteiger partial charge in [0.1, 0.15) is 11.0 Å². The van der Waals surface area contributed by atoms with Gasteiger partial charge < -0.3 is 15.5 Å². The number of para-hydroxylation sites is 2. The van der Waals surface area contributed by atoms with E-state index in [1.54, 1.807) is 0 Å². The predicted octanol–water partition coefficient (Wildman–Crippen LogP) is 2.91. The highest BCUT2D eigenvalue weighted by atomic mass is 16.2. The molecule has 26 heavy (non-hydrogen) atoms. The molecule has 1 unspecified atom stereocenters. The van der Waals surface area contributed by atoms with Crippen LogP contribution in [-0.2, 0) is 0 Å². The number of nitrogens with zero attached hydrogens (tertiary/aromatic N) is 3. The first-order valence-electron chi connectivity index (χ1n) is 8.85. The van der Waals surface area contributed by atoms with Crippen LogP contribution in [0.5, 0.6) is 0 Å². The summed E-state index contributed by atoms with van der Waals surface area (Å²) in [5, 5.41) is 16.5. The summed E-state index contributed by atoms with van der Waals surface area (Å²) in [7, 11) is 0. The molecule has 0 saturated carbocycles. The Balaban J connectivity index is 1.31. The number of hydrogen-bond donors (Lipinski definition) is 3. The molecular weight excluding hydrogens is 328 g/mol. The van der Waals surface area contributed by atoms with Crippen molar-refractivity contribution in [1.29, 1.82) is 0 Å². The van der Waals surface area contributed by atoms with Gasteiger partial charge in [0.2, 0.25) is 0 Å². The Hall–Kier alpha value is -3.09. The van der Waals surface area contributed by atoms with Gasteiger partial charge in [-0.05, 0) is 43.0 Å². The van der Waals surface area contributed by atoms with E-state index in [1.165, 1.54) is 11.3 Å². The van der Waals surface area contributed by atoms with E-state index < -0.39 is 0 Å². The Kier molecular flexibility index (Phi) is 4.43. The minimum atomic E-state index is -0.213. The number of H-pyrrole nitrogens is 1. The Morgan fingerprint density at radius 2 is 2.12 bits per heavy atom. The van der Waals surface area contributed by atoms with Crippen LogP contribution in [0.4, 0.5) is 16.2 Å². The molecule has 3 aromatic rings. The molecule has 1 atom stereocenters. The van der Waals surface area contributed by atoms with E-state index in [-0.39, 0.29) is 6.03 Å². The molecule has 1 aromatic heterocycles. The summed E-state index contributed by atoms with van der Waals surface area (Å²) >= 11 is 0. The second-order valence-corrected chi connectivity index (χ2v) is 6.72. The summed E-state index contributed by atoms with van der Waals surface area (Å²) in [4.78, 5) is 14.6. The number of carbonyl (C=O) groups is 1. The quantitative estimate of drug-likeness (QED) is 0.675. The van der Waals surface area contributed by atoms with Gasteiger partial charge in [0.15, 0.2) is 0 Å². The number of urea groups is 1. The van der Waals surface area contributed by atoms with Gasteiger partial charge in [-0.1, -0.05) is 24.3 Å². The summed E-state index contributed by atoms with van der Waals surface area (Å²) in [6, 6.07) is 13.7. The number of aromatic nitrogens is 3. The molecule has 2 aromatic carbocycles. The minimum Gasteiger partial charge on any atom is -0.371 e. The largest absolute Gasteiger partial charge is 0.371 e. The number of nitrogens with one attached hydrogen (secondary N) is 3. The average molecular weight is 350 g/mol. The Labute approximate surface area is 151 Å². The van der Waals surface area contributed by atoms with Crippen molar-refractivity contribution in [2.75, 3.05) is 29.9 Å². The van der Waals surface area contributed by atoms with Crippen molar-refractivity contribution in [2.45, 2.75) is 13.3 Å². The van der Waals surface area contributed by atoms with E-state index in [2.05, 4.69) is 62.1 Å². The van der Waals surface area contributed by atoms with Crippen LogP contribution in [0.25, 0.3) is 11.0 Å². The van der Waals surface area contributed by atoms with Crippen molar-refractivity contribution < 1.29 is 4.79 Å². The van der Waals surface area contributed by atoms with Crippen LogP contribution in [0.1, 0.15) is 12.0 Å². The Morgan fingerprint density at radius 1 is 1.23 bits per heavy atom. The number of fused-ring (bicyclic) bond motifs is 1. The summed E-state index contributed by atoms with van der Waals surface area (Å²) in [5.41, 5.74) is 4.63. The van der Waals surface area contributed by atoms with E-state index in [0.29, 0.717) is 23.7 Å². The van der Waals surface area contributed by atoms with Gasteiger partial charge in [0.25, 0.3) is 0 Å². The summed E-state index contributed by atoms with van der Waals surface area (Å²) in [5.74, 6) is 0.447. The van der Waals surface area contributed by atoms with Crippen LogP contribution in [0.15, 0.2) is 42.5 Å². The number of carbonyl (C=O) groups excluding carboxylic acids is 1. The second kappa shape index (κ2) is 7.03. The third-order valence-corrected chi connectivity index (χ3v) is 4.89. The first-order chi connectivity index (χ1) is 12.7. The zero-order valence-corrected chi connectivity index (χ0v) is 14.7. The molecule has 134 valence electrons. The minimum absolute atomic E-state index is 0.213. The fourth-order valence-electron chi connectivity index (χ4n) is 3.51. The van der Waals surface area contributed by atoms with Crippen LogP contribution in [-0.4, -0.2) is 41.1 Å². The molecule has 1 fully saturated rings. The highest BCUT2D eigenvalue weighted by molar-refractivity contribution is 5.98. The van der Waals surface area contributed by atoms with Gasteiger partial charge in [-0.2, -0.15) is 15.4 Å². The molecule has 0 radical (unpaired) electrons. The monoisotopic (exact) mass is 350 g/mol. The molecule has 4 rings (SSSR count). The lowest BCUT2D eigenvalue weighted by Crippen LogP contribution is -2.34. The van der Waals surface area contributed by atoms with Gasteiger partial charge in [-0.15, -0.1) is 0 Å². The van der Waals surface area contributed by atoms with Crippen LogP contribution < -0.4 is 15.5 Å². The van der Waals surface area contributed by atoms with Crippen LogP contribution in [0.3, 0.4) is 0 Å². The molecule has 0 spiro atoms. The van der Waals surface area contributed by atoms with Crippen LogP contribution in [0.2, 0.25) is 0 Å². The lowest BCUT2D eigenvalue weighted by molar-refractivity contribution is 0.250. The lowest BCUT2D eigenvalue weighted by atomic mass is 10.1. The number of hydrogen-bond acceptors (Lipinski definition) is 4. The molecule has 2 amide bonds. The number of anilines is 2. The van der Waals surface area contributed by atoms with E-state index in [9.17, 15) is 4.79 Å². The van der Waals surface area contributed by atoms with E-state index >= 15 is 0 Å². The number of aryl methyl sites for hydroxylation is 1. The van der Waals surface area contributed by atoms with E-state index in [1.807, 2.05) is 18.2 Å². The van der Waals surface area contributed by atoms with E-state index in [4.69, 9.17) is 0 Å². The molecule has 0 aliphatic carbocycles. The molecule has 1 aliphatic rings. The third-order valence-electron chi connectivity index (χ3n) is 4.89. The zero-order valence-electron chi connectivity index (χ0n) is 14.7. The summed E-state index contributed by atoms with van der Waals surface area (Å²) < 4.78 is 0. The van der Waals surface area contributed by atoms with Crippen molar-refractivity contribution in [3.05, 3.63) is 48.0 Å². The standard InChI is InChI=1S/C19H22N6O/c1-13-5-2-3-8-17(13)25-10-9-14(12-25)11-20-19(26)21-15-6-4-7-16-18(15)23-24-22-16/h2-8,14H,9-12H2,1H3,(H2,20,21,26)(H,22,23,24). The number of aromatic amines is 1. The highest BCUT2D eigenvalue weighted by Crippen LogP contribution is 2.26. The second-order valence-electron chi connectivity index (χ2n) is 6.72. The molecule has 0 bridgehead atoms. The predicted molar refractivity (Wildman–Crippen MR) is 102 cm³/mol. The van der Waals surface area contributed by atoms with Gasteiger partial charge in [-0.25, -0.2) is 4.79 Å². The topological polar surface area (TPSA) is 85.9 Å². The fraction of sp³-hybridized carbons (Fsp3) is 0.316. The van der Waals surface area contributed by atoms with Crippen molar-refractivity contribution >= 4 is 28.4 Å². The van der Waals surface area contributed by atoms with Crippen LogP contribution >= 0.6 is 0 Å². The first-order valence-corrected chi connectivity index (χ1v) is 8.85. The van der Waals surface area contributed by atoms with Crippen molar-refractivity contribution in [2.24, 2.45) is 5.92 Å². The molecular formula is C19H22N6O. The summed E-state index contributed by atoms with van der Waals surface area (Å²) in [6.07, 6.45) is 1.08. The van der Waals surface area contributed by atoms with Gasteiger partial charge in [0, 0.05) is 25.3 Å². The third kappa shape index (κ3) is 3.33. The molecule has 2 heterocycles. The van der Waals surface area contributed by atoms with Crippen molar-refractivity contribution in [3.8, 4) is 0 Å². The average Bonchev–Trinajstić information content (AvgIpc) is 3.30. The normalized spacial score (nSPS) is 16.8. The van der Waals surface area contributed by atoms with Crippen molar-refractivity contribution in [3.63, 3.8) is 0 Å². The lowest BCUT2D eigenvalue weighted by Gasteiger charge is -2.21. The highest BCUT2D eigenvalue weighted by Gasteiger charge is 2.24. The summed E-state index contributed by atoms with van der Waals surface area (Å²) in [6.45, 7) is 4.78. The fourth-order valence-corrected chi connectivity index (χ4v) is 3.51. The molecule has 7 nitrogen and oxygen atoms in total.